The van der Waals surface area contributed by atoms with Gasteiger partial charge in [0.05, 0.1) is 0 Å². The molecule has 0 atom stereocenters. The third-order valence-corrected chi connectivity index (χ3v) is 3.88. The van der Waals surface area contributed by atoms with Gasteiger partial charge >= 0.3 is 5.97 Å². The number of aryl methyl sites for hydroxylation is 1. The monoisotopic (exact) mass is 368 g/mol. The van der Waals surface area contributed by atoms with Crippen molar-refractivity contribution in [3.05, 3.63) is 60.2 Å². The van der Waals surface area contributed by atoms with Gasteiger partial charge in [-0.2, -0.15) is 0 Å². The normalized spacial score (nSPS) is 10.1. The van der Waals surface area contributed by atoms with Crippen molar-refractivity contribution in [3.8, 4) is 0 Å². The van der Waals surface area contributed by atoms with Crippen molar-refractivity contribution in [2.75, 3.05) is 17.2 Å². The summed E-state index contributed by atoms with van der Waals surface area (Å²) >= 11 is 0. The first kappa shape index (κ1) is 20.2. The topological polar surface area (TPSA) is 84.5 Å². The van der Waals surface area contributed by atoms with Crippen molar-refractivity contribution < 1.29 is 19.1 Å². The van der Waals surface area contributed by atoms with Crippen molar-refractivity contribution >= 4 is 29.2 Å². The van der Waals surface area contributed by atoms with Gasteiger partial charge < -0.3 is 15.4 Å². The molecule has 142 valence electrons. The largest absolute Gasteiger partial charge is 0.456 e. The molecule has 0 aliphatic heterocycles. The zero-order valence-corrected chi connectivity index (χ0v) is 15.4. The Morgan fingerprint density at radius 1 is 0.852 bits per heavy atom. The lowest BCUT2D eigenvalue weighted by atomic mass is 10.1. The third-order valence-electron chi connectivity index (χ3n) is 3.88. The van der Waals surface area contributed by atoms with Gasteiger partial charge in [0, 0.05) is 24.2 Å². The first-order chi connectivity index (χ1) is 13.1. The average Bonchev–Trinajstić information content (AvgIpc) is 2.67. The van der Waals surface area contributed by atoms with Crippen LogP contribution in [-0.2, 0) is 25.5 Å². The molecule has 27 heavy (non-hydrogen) atoms. The molecule has 0 radical (unpaired) electrons. The average molecular weight is 368 g/mol. The van der Waals surface area contributed by atoms with E-state index in [0.29, 0.717) is 12.1 Å². The maximum absolute atomic E-state index is 12.0. The molecule has 2 N–H and O–H groups in total. The number of anilines is 2. The van der Waals surface area contributed by atoms with Crippen LogP contribution >= 0.6 is 0 Å². The molecule has 0 aliphatic rings. The molecule has 0 bridgehead atoms. The zero-order chi connectivity index (χ0) is 19.5. The van der Waals surface area contributed by atoms with Crippen molar-refractivity contribution in [2.24, 2.45) is 0 Å². The SMILES string of the molecule is CCc1ccccc1NC(=O)CCCC(=O)OCC(=O)Nc1ccccc1. The Morgan fingerprint density at radius 3 is 2.30 bits per heavy atom. The van der Waals surface area contributed by atoms with Crippen LogP contribution in [0.3, 0.4) is 0 Å². The van der Waals surface area contributed by atoms with Crippen molar-refractivity contribution in [3.63, 3.8) is 0 Å². The highest BCUT2D eigenvalue weighted by Gasteiger charge is 2.10. The van der Waals surface area contributed by atoms with Gasteiger partial charge in [0.2, 0.25) is 5.91 Å². The Balaban J connectivity index is 1.64. The quantitative estimate of drug-likeness (QED) is 0.663. The minimum Gasteiger partial charge on any atom is -0.456 e. The van der Waals surface area contributed by atoms with E-state index in [1.165, 1.54) is 0 Å². The van der Waals surface area contributed by atoms with Crippen LogP contribution in [-0.4, -0.2) is 24.4 Å². The maximum Gasteiger partial charge on any atom is 0.306 e. The molecular formula is C21H24N2O4. The van der Waals surface area contributed by atoms with Crippen LogP contribution < -0.4 is 10.6 Å². The molecular weight excluding hydrogens is 344 g/mol. The highest BCUT2D eigenvalue weighted by molar-refractivity contribution is 5.93. The van der Waals surface area contributed by atoms with Gasteiger partial charge in [0.1, 0.15) is 0 Å². The lowest BCUT2D eigenvalue weighted by Gasteiger charge is -2.09. The van der Waals surface area contributed by atoms with Crippen molar-refractivity contribution in [1.82, 2.24) is 0 Å². The molecule has 6 nitrogen and oxygen atoms in total. The molecule has 0 saturated carbocycles. The lowest BCUT2D eigenvalue weighted by molar-refractivity contribution is -0.147. The van der Waals surface area contributed by atoms with Gasteiger partial charge in [0.25, 0.3) is 5.91 Å². The number of esters is 1. The molecule has 0 spiro atoms. The van der Waals surface area contributed by atoms with Crippen molar-refractivity contribution in [2.45, 2.75) is 32.6 Å². The van der Waals surface area contributed by atoms with Gasteiger partial charge in [-0.15, -0.1) is 0 Å². The smallest absolute Gasteiger partial charge is 0.306 e. The number of carbonyl (C=O) groups is 3. The van der Waals surface area contributed by atoms with E-state index in [0.717, 1.165) is 17.7 Å². The fraction of sp³-hybridized carbons (Fsp3) is 0.286. The Labute approximate surface area is 158 Å². The highest BCUT2D eigenvalue weighted by Crippen LogP contribution is 2.16. The maximum atomic E-state index is 12.0. The van der Waals surface area contributed by atoms with Crippen LogP contribution in [0.5, 0.6) is 0 Å². The van der Waals surface area contributed by atoms with Crippen molar-refractivity contribution in [1.29, 1.82) is 0 Å². The number of hydrogen-bond donors (Lipinski definition) is 2. The predicted octanol–water partition coefficient (Wildman–Crippen LogP) is 3.54. The van der Waals surface area contributed by atoms with E-state index >= 15 is 0 Å². The van der Waals surface area contributed by atoms with E-state index in [9.17, 15) is 14.4 Å². The number of benzene rings is 2. The van der Waals surface area contributed by atoms with Crippen LogP contribution in [0.25, 0.3) is 0 Å². The first-order valence-corrected chi connectivity index (χ1v) is 8.96. The predicted molar refractivity (Wildman–Crippen MR) is 104 cm³/mol. The van der Waals surface area contributed by atoms with Crippen LogP contribution in [0.15, 0.2) is 54.6 Å². The van der Waals surface area contributed by atoms with Gasteiger partial charge in [-0.05, 0) is 36.6 Å². The summed E-state index contributed by atoms with van der Waals surface area (Å²) < 4.78 is 4.93. The number of carbonyl (C=O) groups excluding carboxylic acids is 3. The molecule has 2 aromatic carbocycles. The van der Waals surface area contributed by atoms with E-state index in [4.69, 9.17) is 4.74 Å². The van der Waals surface area contributed by atoms with Gasteiger partial charge in [-0.1, -0.05) is 43.3 Å². The van der Waals surface area contributed by atoms with E-state index in [2.05, 4.69) is 10.6 Å². The van der Waals surface area contributed by atoms with Gasteiger partial charge in [-0.25, -0.2) is 0 Å². The number of nitrogens with one attached hydrogen (secondary N) is 2. The second-order valence-electron chi connectivity index (χ2n) is 5.99. The Hall–Kier alpha value is -3.15. The molecule has 2 amide bonds. The number of amides is 2. The zero-order valence-electron chi connectivity index (χ0n) is 15.4. The Kier molecular flexibility index (Phi) is 8.03. The van der Waals surface area contributed by atoms with Crippen LogP contribution in [0, 0.1) is 0 Å². The van der Waals surface area contributed by atoms with Gasteiger partial charge in [0.15, 0.2) is 6.61 Å². The minimum atomic E-state index is -0.500. The van der Waals surface area contributed by atoms with Crippen LogP contribution in [0.2, 0.25) is 0 Å². The van der Waals surface area contributed by atoms with E-state index in [1.807, 2.05) is 37.3 Å². The first-order valence-electron chi connectivity index (χ1n) is 8.96. The molecule has 0 aliphatic carbocycles. The summed E-state index contributed by atoms with van der Waals surface area (Å²) in [6, 6.07) is 16.5. The summed E-state index contributed by atoms with van der Waals surface area (Å²) in [6.45, 7) is 1.68. The summed E-state index contributed by atoms with van der Waals surface area (Å²) in [6.07, 6.45) is 1.48. The third kappa shape index (κ3) is 7.32. The molecule has 0 saturated heterocycles. The Morgan fingerprint density at radius 2 is 1.56 bits per heavy atom. The molecule has 6 heteroatoms. The summed E-state index contributed by atoms with van der Waals surface area (Å²) in [5.74, 6) is -1.05. The second kappa shape index (κ2) is 10.8. The van der Waals surface area contributed by atoms with Crippen LogP contribution in [0.4, 0.5) is 11.4 Å². The standard InChI is InChI=1S/C21H24N2O4/c1-2-16-9-6-7-12-18(16)23-19(24)13-8-14-21(26)27-15-20(25)22-17-10-4-3-5-11-17/h3-7,9-12H,2,8,13-15H2,1H3,(H,22,25)(H,23,24). The summed E-state index contributed by atoms with van der Waals surface area (Å²) in [5.41, 5.74) is 2.50. The molecule has 0 aromatic heterocycles. The van der Waals surface area contributed by atoms with Crippen LogP contribution in [0.1, 0.15) is 31.7 Å². The number of para-hydroxylation sites is 2. The summed E-state index contributed by atoms with van der Waals surface area (Å²) in [5, 5.41) is 5.49. The fourth-order valence-electron chi connectivity index (χ4n) is 2.49. The Bertz CT molecular complexity index is 775. The minimum absolute atomic E-state index is 0.0848. The van der Waals surface area contributed by atoms with E-state index < -0.39 is 11.9 Å². The van der Waals surface area contributed by atoms with Gasteiger partial charge in [-0.3, -0.25) is 14.4 Å². The molecule has 0 unspecified atom stereocenters. The number of ether oxygens (including phenoxy) is 1. The highest BCUT2D eigenvalue weighted by atomic mass is 16.5. The summed E-state index contributed by atoms with van der Waals surface area (Å²) in [7, 11) is 0. The molecule has 2 rings (SSSR count). The lowest BCUT2D eigenvalue weighted by Crippen LogP contribution is -2.21. The number of hydrogen-bond acceptors (Lipinski definition) is 4. The van der Waals surface area contributed by atoms with E-state index in [1.54, 1.807) is 24.3 Å². The molecule has 2 aromatic rings. The second-order valence-corrected chi connectivity index (χ2v) is 5.99. The number of rotatable bonds is 9. The summed E-state index contributed by atoms with van der Waals surface area (Å²) in [4.78, 5) is 35.4. The van der Waals surface area contributed by atoms with E-state index in [-0.39, 0.29) is 25.4 Å². The fourth-order valence-corrected chi connectivity index (χ4v) is 2.49. The molecule has 0 heterocycles. The molecule has 0 fully saturated rings.